The third-order valence-corrected chi connectivity index (χ3v) is 4.13. The normalized spacial score (nSPS) is 10.8. The fourth-order valence-corrected chi connectivity index (χ4v) is 2.92. The molecule has 6 heteroatoms. The Labute approximate surface area is 123 Å². The van der Waals surface area contributed by atoms with Gasteiger partial charge in [0.05, 0.1) is 10.6 Å². The Hall–Kier alpha value is -2.47. The topological polar surface area (TPSA) is 55.1 Å². The molecule has 0 atom stereocenters. The quantitative estimate of drug-likeness (QED) is 0.703. The standard InChI is InChI=1S/C15H10F2N2OS/c16-9-5-6-10(18)14(13(9)17)19-15(20)12-7-8-3-1-2-4-11(8)21-12/h1-7H,18H2,(H,19,20). The average Bonchev–Trinajstić information content (AvgIpc) is 2.91. The summed E-state index contributed by atoms with van der Waals surface area (Å²) < 4.78 is 27.8. The summed E-state index contributed by atoms with van der Waals surface area (Å²) in [5, 5.41) is 3.25. The first-order valence-corrected chi connectivity index (χ1v) is 6.91. The second-order valence-electron chi connectivity index (χ2n) is 4.43. The minimum absolute atomic E-state index is 0.0247. The van der Waals surface area contributed by atoms with Gasteiger partial charge in [-0.15, -0.1) is 11.3 Å². The minimum atomic E-state index is -1.16. The Balaban J connectivity index is 1.95. The fourth-order valence-electron chi connectivity index (χ4n) is 1.96. The molecule has 0 aliphatic rings. The number of halogens is 2. The predicted molar refractivity (Wildman–Crippen MR) is 80.5 cm³/mol. The number of nitrogens with two attached hydrogens (primary N) is 1. The zero-order valence-corrected chi connectivity index (χ0v) is 11.5. The van der Waals surface area contributed by atoms with Crippen molar-refractivity contribution in [3.05, 3.63) is 59.0 Å². The van der Waals surface area contributed by atoms with E-state index in [0.717, 1.165) is 16.2 Å². The molecule has 0 spiro atoms. The lowest BCUT2D eigenvalue weighted by molar-refractivity contribution is 0.103. The van der Waals surface area contributed by atoms with Gasteiger partial charge in [0.1, 0.15) is 5.69 Å². The number of thiophene rings is 1. The lowest BCUT2D eigenvalue weighted by Crippen LogP contribution is -2.13. The molecule has 2 aromatic carbocycles. The number of rotatable bonds is 2. The monoisotopic (exact) mass is 304 g/mol. The van der Waals surface area contributed by atoms with E-state index in [2.05, 4.69) is 5.32 Å². The summed E-state index contributed by atoms with van der Waals surface area (Å²) in [7, 11) is 0. The number of benzene rings is 2. The molecule has 1 amide bonds. The second kappa shape index (κ2) is 5.14. The van der Waals surface area contributed by atoms with E-state index < -0.39 is 17.5 Å². The van der Waals surface area contributed by atoms with E-state index in [-0.39, 0.29) is 11.4 Å². The number of carbonyl (C=O) groups excluding carboxylic acids is 1. The maximum Gasteiger partial charge on any atom is 0.265 e. The van der Waals surface area contributed by atoms with Gasteiger partial charge in [-0.1, -0.05) is 18.2 Å². The van der Waals surface area contributed by atoms with Crippen molar-refractivity contribution < 1.29 is 13.6 Å². The zero-order valence-electron chi connectivity index (χ0n) is 10.7. The van der Waals surface area contributed by atoms with Crippen LogP contribution in [0.1, 0.15) is 9.67 Å². The molecule has 3 aromatic rings. The summed E-state index contributed by atoms with van der Waals surface area (Å²) >= 11 is 1.27. The van der Waals surface area contributed by atoms with Gasteiger partial charge in [-0.25, -0.2) is 8.78 Å². The van der Waals surface area contributed by atoms with Crippen molar-refractivity contribution in [3.8, 4) is 0 Å². The van der Waals surface area contributed by atoms with E-state index in [4.69, 9.17) is 5.73 Å². The Morgan fingerprint density at radius 3 is 2.67 bits per heavy atom. The summed E-state index contributed by atoms with van der Waals surface area (Å²) in [5.41, 5.74) is 5.21. The van der Waals surface area contributed by atoms with Crippen molar-refractivity contribution in [1.82, 2.24) is 0 Å². The molecular formula is C15H10F2N2OS. The first kappa shape index (κ1) is 13.5. The molecule has 3 rings (SSSR count). The van der Waals surface area contributed by atoms with Crippen LogP contribution >= 0.6 is 11.3 Å². The minimum Gasteiger partial charge on any atom is -0.397 e. The number of anilines is 2. The Kier molecular flexibility index (Phi) is 3.31. The molecular weight excluding hydrogens is 294 g/mol. The number of nitrogens with one attached hydrogen (secondary N) is 1. The van der Waals surface area contributed by atoms with Crippen LogP contribution in [0, 0.1) is 11.6 Å². The van der Waals surface area contributed by atoms with E-state index in [9.17, 15) is 13.6 Å². The Bertz CT molecular complexity index is 812. The SMILES string of the molecule is Nc1ccc(F)c(F)c1NC(=O)c1cc2ccccc2s1. The van der Waals surface area contributed by atoms with Gasteiger partial charge in [0, 0.05) is 4.70 Å². The highest BCUT2D eigenvalue weighted by Gasteiger charge is 2.17. The predicted octanol–water partition coefficient (Wildman–Crippen LogP) is 4.01. The molecule has 0 aliphatic carbocycles. The van der Waals surface area contributed by atoms with Crippen LogP contribution in [-0.4, -0.2) is 5.91 Å². The summed E-state index contributed by atoms with van der Waals surface area (Å²) in [6.07, 6.45) is 0. The van der Waals surface area contributed by atoms with Gasteiger partial charge in [-0.3, -0.25) is 4.79 Å². The molecule has 0 aliphatic heterocycles. The van der Waals surface area contributed by atoms with Gasteiger partial charge in [0.25, 0.3) is 5.91 Å². The molecule has 1 aromatic heterocycles. The van der Waals surface area contributed by atoms with Gasteiger partial charge in [0.2, 0.25) is 0 Å². The van der Waals surface area contributed by atoms with Crippen molar-refractivity contribution in [2.24, 2.45) is 0 Å². The average molecular weight is 304 g/mol. The van der Waals surface area contributed by atoms with E-state index in [1.807, 2.05) is 24.3 Å². The van der Waals surface area contributed by atoms with Crippen molar-refractivity contribution in [2.45, 2.75) is 0 Å². The Morgan fingerprint density at radius 2 is 1.90 bits per heavy atom. The maximum absolute atomic E-state index is 13.7. The molecule has 0 radical (unpaired) electrons. The van der Waals surface area contributed by atoms with E-state index in [1.165, 1.54) is 17.4 Å². The summed E-state index contributed by atoms with van der Waals surface area (Å²) in [4.78, 5) is 12.6. The van der Waals surface area contributed by atoms with Gasteiger partial charge in [-0.2, -0.15) is 0 Å². The molecule has 0 unspecified atom stereocenters. The van der Waals surface area contributed by atoms with Crippen LogP contribution in [-0.2, 0) is 0 Å². The van der Waals surface area contributed by atoms with Crippen molar-refractivity contribution in [3.63, 3.8) is 0 Å². The number of amides is 1. The van der Waals surface area contributed by atoms with Crippen LogP contribution in [0.15, 0.2) is 42.5 Å². The van der Waals surface area contributed by atoms with E-state index >= 15 is 0 Å². The van der Waals surface area contributed by atoms with Gasteiger partial charge in [0.15, 0.2) is 11.6 Å². The highest BCUT2D eigenvalue weighted by molar-refractivity contribution is 7.20. The number of hydrogen-bond acceptors (Lipinski definition) is 3. The molecule has 0 saturated heterocycles. The van der Waals surface area contributed by atoms with Crippen LogP contribution in [0.5, 0.6) is 0 Å². The number of nitrogen functional groups attached to an aromatic ring is 1. The summed E-state index contributed by atoms with van der Waals surface area (Å²) in [6, 6.07) is 11.3. The zero-order chi connectivity index (χ0) is 15.0. The smallest absolute Gasteiger partial charge is 0.265 e. The molecule has 3 nitrogen and oxygen atoms in total. The second-order valence-corrected chi connectivity index (χ2v) is 5.51. The number of carbonyl (C=O) groups is 1. The van der Waals surface area contributed by atoms with Crippen molar-refractivity contribution in [1.29, 1.82) is 0 Å². The molecule has 0 saturated carbocycles. The summed E-state index contributed by atoms with van der Waals surface area (Å²) in [6.45, 7) is 0. The van der Waals surface area contributed by atoms with Gasteiger partial charge >= 0.3 is 0 Å². The maximum atomic E-state index is 13.7. The highest BCUT2D eigenvalue weighted by Crippen LogP contribution is 2.28. The van der Waals surface area contributed by atoms with E-state index in [1.54, 1.807) is 6.07 Å². The molecule has 0 bridgehead atoms. The molecule has 106 valence electrons. The van der Waals surface area contributed by atoms with Crippen LogP contribution in [0.3, 0.4) is 0 Å². The molecule has 21 heavy (non-hydrogen) atoms. The highest BCUT2D eigenvalue weighted by atomic mass is 32.1. The van der Waals surface area contributed by atoms with Crippen LogP contribution in [0.2, 0.25) is 0 Å². The third kappa shape index (κ3) is 2.45. The Morgan fingerprint density at radius 1 is 1.14 bits per heavy atom. The largest absolute Gasteiger partial charge is 0.397 e. The van der Waals surface area contributed by atoms with Crippen LogP contribution < -0.4 is 11.1 Å². The lowest BCUT2D eigenvalue weighted by Gasteiger charge is -2.08. The van der Waals surface area contributed by atoms with Gasteiger partial charge < -0.3 is 11.1 Å². The van der Waals surface area contributed by atoms with Crippen LogP contribution in [0.25, 0.3) is 10.1 Å². The van der Waals surface area contributed by atoms with Gasteiger partial charge in [-0.05, 0) is 29.7 Å². The number of hydrogen-bond donors (Lipinski definition) is 2. The molecule has 1 heterocycles. The lowest BCUT2D eigenvalue weighted by atomic mass is 10.2. The van der Waals surface area contributed by atoms with Crippen LogP contribution in [0.4, 0.5) is 20.2 Å². The van der Waals surface area contributed by atoms with Crippen molar-refractivity contribution in [2.75, 3.05) is 11.1 Å². The molecule has 3 N–H and O–H groups in total. The first-order valence-electron chi connectivity index (χ1n) is 6.09. The fraction of sp³-hybridized carbons (Fsp3) is 0. The number of fused-ring (bicyclic) bond motifs is 1. The first-order chi connectivity index (χ1) is 10.1. The summed E-state index contributed by atoms with van der Waals surface area (Å²) in [5.74, 6) is -2.74. The van der Waals surface area contributed by atoms with E-state index in [0.29, 0.717) is 4.88 Å². The molecule has 0 fully saturated rings. The van der Waals surface area contributed by atoms with Crippen molar-refractivity contribution >= 4 is 38.7 Å². The third-order valence-electron chi connectivity index (χ3n) is 3.01.